The highest BCUT2D eigenvalue weighted by atomic mass is 35.5. The topological polar surface area (TPSA) is 59.2 Å². The third-order valence-electron chi connectivity index (χ3n) is 4.50. The number of hydrogen-bond acceptors (Lipinski definition) is 4. The minimum absolute atomic E-state index is 0.0671. The van der Waals surface area contributed by atoms with E-state index < -0.39 is 0 Å². The Balaban J connectivity index is 1.75. The van der Waals surface area contributed by atoms with E-state index in [1.807, 2.05) is 56.3 Å². The fourth-order valence-electron chi connectivity index (χ4n) is 3.00. The van der Waals surface area contributed by atoms with Gasteiger partial charge in [-0.15, -0.1) is 0 Å². The quantitative estimate of drug-likeness (QED) is 0.580. The number of nitrogens with zero attached hydrogens (tertiary/aromatic N) is 3. The van der Waals surface area contributed by atoms with Crippen molar-refractivity contribution in [3.8, 4) is 11.4 Å². The standard InChI is InChI=1S/C21H22ClN3O2/c1-3-18(15-8-6-5-7-9-15)21(26)25(4-2)14-19-23-20(24-27-19)16-10-12-17(22)13-11-16/h5-13,18H,3-4,14H2,1-2H3/t18-/m1/s1. The van der Waals surface area contributed by atoms with E-state index in [2.05, 4.69) is 10.1 Å². The molecule has 0 N–H and O–H groups in total. The van der Waals surface area contributed by atoms with Crippen LogP contribution in [0.15, 0.2) is 59.1 Å². The molecule has 0 aliphatic rings. The number of likely N-dealkylation sites (N-methyl/N-ethyl adjacent to an activating group) is 1. The zero-order valence-corrected chi connectivity index (χ0v) is 16.2. The van der Waals surface area contributed by atoms with Gasteiger partial charge in [0.05, 0.1) is 12.5 Å². The minimum atomic E-state index is -0.176. The molecule has 0 saturated carbocycles. The van der Waals surface area contributed by atoms with Crippen LogP contribution in [-0.2, 0) is 11.3 Å². The van der Waals surface area contributed by atoms with E-state index in [4.69, 9.17) is 16.1 Å². The molecule has 1 aromatic heterocycles. The molecule has 1 heterocycles. The Hall–Kier alpha value is -2.66. The maximum absolute atomic E-state index is 13.0. The van der Waals surface area contributed by atoms with Crippen LogP contribution in [-0.4, -0.2) is 27.5 Å². The Kier molecular flexibility index (Phi) is 6.24. The van der Waals surface area contributed by atoms with Gasteiger partial charge in [-0.2, -0.15) is 4.98 Å². The van der Waals surface area contributed by atoms with Gasteiger partial charge >= 0.3 is 0 Å². The third kappa shape index (κ3) is 4.55. The third-order valence-corrected chi connectivity index (χ3v) is 4.75. The second-order valence-electron chi connectivity index (χ2n) is 6.24. The van der Waals surface area contributed by atoms with Crippen molar-refractivity contribution in [2.45, 2.75) is 32.7 Å². The number of carbonyl (C=O) groups is 1. The zero-order valence-electron chi connectivity index (χ0n) is 15.4. The molecule has 0 aliphatic carbocycles. The summed E-state index contributed by atoms with van der Waals surface area (Å²) in [4.78, 5) is 19.2. The number of aromatic nitrogens is 2. The van der Waals surface area contributed by atoms with Gasteiger partial charge in [-0.3, -0.25) is 4.79 Å². The van der Waals surface area contributed by atoms with E-state index >= 15 is 0 Å². The van der Waals surface area contributed by atoms with Gasteiger partial charge in [0.2, 0.25) is 17.6 Å². The lowest BCUT2D eigenvalue weighted by Gasteiger charge is -2.24. The molecular formula is C21H22ClN3O2. The Morgan fingerprint density at radius 2 is 1.81 bits per heavy atom. The van der Waals surface area contributed by atoms with E-state index in [-0.39, 0.29) is 11.8 Å². The van der Waals surface area contributed by atoms with E-state index in [1.54, 1.807) is 17.0 Å². The fraction of sp³-hybridized carbons (Fsp3) is 0.286. The van der Waals surface area contributed by atoms with Gasteiger partial charge in [0.25, 0.3) is 0 Å². The largest absolute Gasteiger partial charge is 0.337 e. The van der Waals surface area contributed by atoms with Gasteiger partial charge < -0.3 is 9.42 Å². The van der Waals surface area contributed by atoms with Crippen LogP contribution in [0.2, 0.25) is 5.02 Å². The summed E-state index contributed by atoms with van der Waals surface area (Å²) >= 11 is 5.91. The average Bonchev–Trinajstić information content (AvgIpc) is 3.16. The second kappa shape index (κ2) is 8.82. The number of rotatable bonds is 7. The predicted octanol–water partition coefficient (Wildman–Crippen LogP) is 4.93. The van der Waals surface area contributed by atoms with Crippen molar-refractivity contribution >= 4 is 17.5 Å². The number of benzene rings is 2. The molecule has 0 saturated heterocycles. The molecule has 3 rings (SSSR count). The predicted molar refractivity (Wildman–Crippen MR) is 105 cm³/mol. The first kappa shape index (κ1) is 19.1. The molecular weight excluding hydrogens is 362 g/mol. The van der Waals surface area contributed by atoms with Crippen LogP contribution in [0, 0.1) is 0 Å². The van der Waals surface area contributed by atoms with Gasteiger partial charge in [-0.1, -0.05) is 54.0 Å². The molecule has 0 unspecified atom stereocenters. The minimum Gasteiger partial charge on any atom is -0.337 e. The van der Waals surface area contributed by atoms with Crippen LogP contribution in [0.25, 0.3) is 11.4 Å². The monoisotopic (exact) mass is 383 g/mol. The number of hydrogen-bond donors (Lipinski definition) is 0. The molecule has 2 aromatic carbocycles. The Bertz CT molecular complexity index is 878. The van der Waals surface area contributed by atoms with Gasteiger partial charge in [0, 0.05) is 17.1 Å². The van der Waals surface area contributed by atoms with Crippen molar-refractivity contribution in [3.63, 3.8) is 0 Å². The second-order valence-corrected chi connectivity index (χ2v) is 6.68. The van der Waals surface area contributed by atoms with E-state index in [9.17, 15) is 4.79 Å². The molecule has 0 aliphatic heterocycles. The van der Waals surface area contributed by atoms with Crippen molar-refractivity contribution < 1.29 is 9.32 Å². The van der Waals surface area contributed by atoms with Crippen molar-refractivity contribution in [1.29, 1.82) is 0 Å². The zero-order chi connectivity index (χ0) is 19.2. The van der Waals surface area contributed by atoms with Gasteiger partial charge in [0.1, 0.15) is 0 Å². The Labute approximate surface area is 164 Å². The van der Waals surface area contributed by atoms with Crippen LogP contribution in [0.5, 0.6) is 0 Å². The molecule has 0 fully saturated rings. The first-order valence-corrected chi connectivity index (χ1v) is 9.42. The van der Waals surface area contributed by atoms with Crippen molar-refractivity contribution in [1.82, 2.24) is 15.0 Å². The number of amides is 1. The maximum Gasteiger partial charge on any atom is 0.246 e. The van der Waals surface area contributed by atoms with E-state index in [0.29, 0.717) is 29.8 Å². The highest BCUT2D eigenvalue weighted by molar-refractivity contribution is 6.30. The Morgan fingerprint density at radius 1 is 1.11 bits per heavy atom. The summed E-state index contributed by atoms with van der Waals surface area (Å²) in [6.45, 7) is 4.83. The van der Waals surface area contributed by atoms with Crippen molar-refractivity contribution in [2.75, 3.05) is 6.54 Å². The normalized spacial score (nSPS) is 12.0. The van der Waals surface area contributed by atoms with Gasteiger partial charge in [-0.05, 0) is 43.2 Å². The fourth-order valence-corrected chi connectivity index (χ4v) is 3.13. The lowest BCUT2D eigenvalue weighted by Crippen LogP contribution is -2.34. The molecule has 1 amide bonds. The molecule has 0 bridgehead atoms. The van der Waals surface area contributed by atoms with Gasteiger partial charge in [0.15, 0.2) is 0 Å². The lowest BCUT2D eigenvalue weighted by atomic mass is 9.95. The van der Waals surface area contributed by atoms with Crippen LogP contribution >= 0.6 is 11.6 Å². The summed E-state index contributed by atoms with van der Waals surface area (Å²) in [5, 5.41) is 4.67. The smallest absolute Gasteiger partial charge is 0.246 e. The highest BCUT2D eigenvalue weighted by Gasteiger charge is 2.25. The van der Waals surface area contributed by atoms with Crippen LogP contribution in [0.3, 0.4) is 0 Å². The molecule has 0 spiro atoms. The summed E-state index contributed by atoms with van der Waals surface area (Å²) < 4.78 is 5.36. The van der Waals surface area contributed by atoms with E-state index in [0.717, 1.165) is 17.5 Å². The Morgan fingerprint density at radius 3 is 2.44 bits per heavy atom. The van der Waals surface area contributed by atoms with E-state index in [1.165, 1.54) is 0 Å². The highest BCUT2D eigenvalue weighted by Crippen LogP contribution is 2.23. The summed E-state index contributed by atoms with van der Waals surface area (Å²) in [6.07, 6.45) is 0.735. The molecule has 1 atom stereocenters. The number of carbonyl (C=O) groups excluding carboxylic acids is 1. The average molecular weight is 384 g/mol. The summed E-state index contributed by atoms with van der Waals surface area (Å²) in [6, 6.07) is 17.1. The van der Waals surface area contributed by atoms with Crippen LogP contribution in [0.4, 0.5) is 0 Å². The molecule has 3 aromatic rings. The maximum atomic E-state index is 13.0. The van der Waals surface area contributed by atoms with Gasteiger partial charge in [-0.25, -0.2) is 0 Å². The molecule has 140 valence electrons. The summed E-state index contributed by atoms with van der Waals surface area (Å²) in [7, 11) is 0. The summed E-state index contributed by atoms with van der Waals surface area (Å²) in [5.74, 6) is 0.792. The molecule has 5 nitrogen and oxygen atoms in total. The van der Waals surface area contributed by atoms with Crippen molar-refractivity contribution in [3.05, 3.63) is 71.1 Å². The first-order valence-electron chi connectivity index (χ1n) is 9.04. The molecule has 27 heavy (non-hydrogen) atoms. The molecule has 0 radical (unpaired) electrons. The molecule has 6 heteroatoms. The van der Waals surface area contributed by atoms with Crippen LogP contribution < -0.4 is 0 Å². The summed E-state index contributed by atoms with van der Waals surface area (Å²) in [5.41, 5.74) is 1.84. The first-order chi connectivity index (χ1) is 13.1. The SMILES string of the molecule is CC[C@@H](C(=O)N(CC)Cc1nc(-c2ccc(Cl)cc2)no1)c1ccccc1. The van der Waals surface area contributed by atoms with Crippen molar-refractivity contribution in [2.24, 2.45) is 0 Å². The lowest BCUT2D eigenvalue weighted by molar-refractivity contribution is -0.133. The number of halogens is 1. The van der Waals surface area contributed by atoms with Crippen LogP contribution in [0.1, 0.15) is 37.6 Å².